The molecule has 0 aromatic carbocycles. The lowest BCUT2D eigenvalue weighted by atomic mass is 10.1. The summed E-state index contributed by atoms with van der Waals surface area (Å²) >= 11 is 1.67. The van der Waals surface area contributed by atoms with E-state index in [-0.39, 0.29) is 11.8 Å². The molecular formula is C17H18N6O2S. The third-order valence-corrected chi connectivity index (χ3v) is 5.34. The summed E-state index contributed by atoms with van der Waals surface area (Å²) in [5.74, 6) is -0.283. The summed E-state index contributed by atoms with van der Waals surface area (Å²) < 4.78 is 1.84. The first-order chi connectivity index (χ1) is 12.7. The van der Waals surface area contributed by atoms with Gasteiger partial charge < -0.3 is 14.8 Å². The number of rotatable bonds is 5. The number of aromatic nitrogens is 4. The number of nitrogens with one attached hydrogen (secondary N) is 2. The smallest absolute Gasteiger partial charge is 0.272 e. The molecule has 1 aliphatic heterocycles. The Morgan fingerprint density at radius 1 is 1.38 bits per heavy atom. The summed E-state index contributed by atoms with van der Waals surface area (Å²) in [7, 11) is 0. The molecule has 2 N–H and O–H groups in total. The van der Waals surface area contributed by atoms with Crippen molar-refractivity contribution in [2.75, 3.05) is 13.1 Å². The number of imidazole rings is 1. The van der Waals surface area contributed by atoms with Crippen LogP contribution in [0.15, 0.2) is 42.3 Å². The maximum atomic E-state index is 12.7. The molecule has 0 radical (unpaired) electrons. The Morgan fingerprint density at radius 2 is 2.31 bits per heavy atom. The van der Waals surface area contributed by atoms with Gasteiger partial charge in [-0.25, -0.2) is 4.98 Å². The largest absolute Gasteiger partial charge is 0.354 e. The molecule has 0 bridgehead atoms. The highest BCUT2D eigenvalue weighted by molar-refractivity contribution is 7.09. The van der Waals surface area contributed by atoms with Crippen LogP contribution in [0.25, 0.3) is 0 Å². The van der Waals surface area contributed by atoms with Gasteiger partial charge in [0.05, 0.1) is 25.1 Å². The molecule has 1 aliphatic rings. The number of carbonyl (C=O) groups is 2. The topological polar surface area (TPSA) is 95.9 Å². The fourth-order valence-electron chi connectivity index (χ4n) is 3.08. The Bertz CT molecular complexity index is 886. The van der Waals surface area contributed by atoms with Gasteiger partial charge in [0.2, 0.25) is 5.91 Å². The van der Waals surface area contributed by atoms with E-state index in [0.29, 0.717) is 25.3 Å². The van der Waals surface area contributed by atoms with E-state index in [1.54, 1.807) is 34.8 Å². The number of amides is 2. The van der Waals surface area contributed by atoms with Gasteiger partial charge in [-0.05, 0) is 23.9 Å². The van der Waals surface area contributed by atoms with Crippen molar-refractivity contribution < 1.29 is 9.59 Å². The molecule has 1 atom stereocenters. The minimum atomic E-state index is -0.489. The minimum absolute atomic E-state index is 0.108. The Hall–Kier alpha value is -2.94. The molecule has 9 heteroatoms. The highest BCUT2D eigenvalue weighted by atomic mass is 32.1. The van der Waals surface area contributed by atoms with E-state index in [1.165, 1.54) is 11.1 Å². The monoisotopic (exact) mass is 370 g/mol. The molecule has 4 heterocycles. The lowest BCUT2D eigenvalue weighted by molar-refractivity contribution is -0.125. The highest BCUT2D eigenvalue weighted by Gasteiger charge is 2.33. The minimum Gasteiger partial charge on any atom is -0.354 e. The molecule has 0 saturated heterocycles. The Balaban J connectivity index is 1.46. The van der Waals surface area contributed by atoms with Crippen LogP contribution >= 0.6 is 11.3 Å². The number of fused-ring (bicyclic) bond motifs is 1. The van der Waals surface area contributed by atoms with Gasteiger partial charge in [0.25, 0.3) is 5.91 Å². The molecule has 4 rings (SSSR count). The van der Waals surface area contributed by atoms with Crippen LogP contribution in [0.4, 0.5) is 0 Å². The predicted molar refractivity (Wildman–Crippen MR) is 95.6 cm³/mol. The quantitative estimate of drug-likeness (QED) is 0.706. The average molecular weight is 370 g/mol. The van der Waals surface area contributed by atoms with Gasteiger partial charge in [-0.3, -0.25) is 14.7 Å². The average Bonchev–Trinajstić information content (AvgIpc) is 3.41. The SMILES string of the molecule is O=C(NCCc1cccs1)C1CN(C(=O)c2ccn[nH]2)Cc2cncn21. The summed E-state index contributed by atoms with van der Waals surface area (Å²) in [4.78, 5) is 32.4. The van der Waals surface area contributed by atoms with Crippen molar-refractivity contribution in [3.05, 3.63) is 58.6 Å². The molecule has 3 aromatic heterocycles. The maximum absolute atomic E-state index is 12.7. The summed E-state index contributed by atoms with van der Waals surface area (Å²) in [6.45, 7) is 1.28. The molecule has 26 heavy (non-hydrogen) atoms. The molecule has 0 fully saturated rings. The van der Waals surface area contributed by atoms with Crippen LogP contribution in [0.2, 0.25) is 0 Å². The van der Waals surface area contributed by atoms with E-state index in [1.807, 2.05) is 16.0 Å². The van der Waals surface area contributed by atoms with E-state index in [9.17, 15) is 9.59 Å². The lowest BCUT2D eigenvalue weighted by Gasteiger charge is -2.33. The molecule has 134 valence electrons. The van der Waals surface area contributed by atoms with Gasteiger partial charge in [-0.1, -0.05) is 6.07 Å². The van der Waals surface area contributed by atoms with Crippen LogP contribution in [0, 0.1) is 0 Å². The molecule has 3 aromatic rings. The Labute approximate surface area is 153 Å². The maximum Gasteiger partial charge on any atom is 0.272 e. The summed E-state index contributed by atoms with van der Waals surface area (Å²) in [6.07, 6.45) is 5.68. The van der Waals surface area contributed by atoms with Crippen molar-refractivity contribution in [2.45, 2.75) is 19.0 Å². The molecule has 2 amide bonds. The summed E-state index contributed by atoms with van der Waals surface area (Å²) in [5, 5.41) is 11.5. The van der Waals surface area contributed by atoms with Crippen molar-refractivity contribution in [1.29, 1.82) is 0 Å². The van der Waals surface area contributed by atoms with E-state index in [4.69, 9.17) is 0 Å². The van der Waals surface area contributed by atoms with Crippen LogP contribution in [-0.4, -0.2) is 49.6 Å². The number of aromatic amines is 1. The van der Waals surface area contributed by atoms with Gasteiger partial charge >= 0.3 is 0 Å². The van der Waals surface area contributed by atoms with Crippen LogP contribution in [0.3, 0.4) is 0 Å². The van der Waals surface area contributed by atoms with Gasteiger partial charge in [-0.15, -0.1) is 11.3 Å². The van der Waals surface area contributed by atoms with Crippen LogP contribution in [0.5, 0.6) is 0 Å². The van der Waals surface area contributed by atoms with Crippen molar-refractivity contribution >= 4 is 23.2 Å². The second kappa shape index (κ2) is 7.12. The number of H-pyrrole nitrogens is 1. The third kappa shape index (κ3) is 3.25. The first kappa shape index (κ1) is 16.5. The van der Waals surface area contributed by atoms with E-state index in [0.717, 1.165) is 12.1 Å². The first-order valence-corrected chi connectivity index (χ1v) is 9.20. The molecule has 0 aliphatic carbocycles. The zero-order valence-electron chi connectivity index (χ0n) is 14.0. The fraction of sp³-hybridized carbons (Fsp3) is 0.294. The van der Waals surface area contributed by atoms with E-state index >= 15 is 0 Å². The van der Waals surface area contributed by atoms with E-state index < -0.39 is 6.04 Å². The van der Waals surface area contributed by atoms with Crippen molar-refractivity contribution in [3.63, 3.8) is 0 Å². The third-order valence-electron chi connectivity index (χ3n) is 4.40. The molecule has 0 saturated carbocycles. The number of hydrogen-bond acceptors (Lipinski definition) is 5. The number of thiophene rings is 1. The van der Waals surface area contributed by atoms with Gasteiger partial charge in [0.15, 0.2) is 0 Å². The second-order valence-electron chi connectivity index (χ2n) is 6.08. The zero-order valence-corrected chi connectivity index (χ0v) is 14.8. The van der Waals surface area contributed by atoms with Crippen molar-refractivity contribution in [1.82, 2.24) is 30.0 Å². The Morgan fingerprint density at radius 3 is 3.08 bits per heavy atom. The molecule has 1 unspecified atom stereocenters. The van der Waals surface area contributed by atoms with E-state index in [2.05, 4.69) is 26.6 Å². The first-order valence-electron chi connectivity index (χ1n) is 8.32. The Kier molecular flexibility index (Phi) is 4.53. The van der Waals surface area contributed by atoms with Gasteiger partial charge in [0, 0.05) is 23.8 Å². The van der Waals surface area contributed by atoms with Crippen molar-refractivity contribution in [2.24, 2.45) is 0 Å². The summed E-state index contributed by atoms with van der Waals surface area (Å²) in [5.41, 5.74) is 1.25. The fourth-order valence-corrected chi connectivity index (χ4v) is 3.79. The van der Waals surface area contributed by atoms with Crippen molar-refractivity contribution in [3.8, 4) is 0 Å². The van der Waals surface area contributed by atoms with Gasteiger partial charge in [0.1, 0.15) is 11.7 Å². The standard InChI is InChI=1S/C17H18N6O2S/c24-16(19-5-3-13-2-1-7-26-13)15-10-22(9-12-8-18-11-23(12)15)17(25)14-4-6-20-21-14/h1-2,4,6-8,11,15H,3,5,9-10H2,(H,19,24)(H,20,21). The number of carbonyl (C=O) groups excluding carboxylic acids is 2. The molecule has 8 nitrogen and oxygen atoms in total. The molecular weight excluding hydrogens is 352 g/mol. The number of hydrogen-bond donors (Lipinski definition) is 2. The number of nitrogens with zero attached hydrogens (tertiary/aromatic N) is 4. The van der Waals surface area contributed by atoms with Crippen LogP contribution < -0.4 is 5.32 Å². The van der Waals surface area contributed by atoms with Crippen LogP contribution in [-0.2, 0) is 17.8 Å². The van der Waals surface area contributed by atoms with Crippen LogP contribution in [0.1, 0.15) is 27.1 Å². The normalized spacial score (nSPS) is 16.3. The highest BCUT2D eigenvalue weighted by Crippen LogP contribution is 2.22. The lowest BCUT2D eigenvalue weighted by Crippen LogP contribution is -2.46. The van der Waals surface area contributed by atoms with Gasteiger partial charge in [-0.2, -0.15) is 5.10 Å². The second-order valence-corrected chi connectivity index (χ2v) is 7.12. The zero-order chi connectivity index (χ0) is 17.9. The summed E-state index contributed by atoms with van der Waals surface area (Å²) in [6, 6.07) is 5.19. The molecule has 0 spiro atoms. The predicted octanol–water partition coefficient (Wildman–Crippen LogP) is 1.22.